The second-order valence-corrected chi connectivity index (χ2v) is 9.21. The number of rotatable bonds is 3. The average Bonchev–Trinajstić information content (AvgIpc) is 2.94. The van der Waals surface area contributed by atoms with Crippen LogP contribution >= 0.6 is 0 Å². The fraction of sp³-hybridized carbons (Fsp3) is 0.727. The van der Waals surface area contributed by atoms with Crippen LogP contribution in [0.25, 0.3) is 0 Å². The molecule has 0 aromatic heterocycles. The quantitative estimate of drug-likeness (QED) is 0.605. The molecule has 7 atom stereocenters. The Morgan fingerprint density at radius 2 is 2.19 bits per heavy atom. The molecule has 0 amide bonds. The summed E-state index contributed by atoms with van der Waals surface area (Å²) in [5, 5.41) is 10.9. The molecule has 1 saturated carbocycles. The number of hydrogen-bond acceptors (Lipinski definition) is 5. The Labute approximate surface area is 161 Å². The van der Waals surface area contributed by atoms with Crippen molar-refractivity contribution in [2.24, 2.45) is 22.7 Å². The summed E-state index contributed by atoms with van der Waals surface area (Å²) in [5.74, 6) is -0.0852. The molecular weight excluding hydrogens is 344 g/mol. The van der Waals surface area contributed by atoms with Crippen LogP contribution in [0.5, 0.6) is 0 Å². The van der Waals surface area contributed by atoms with Crippen molar-refractivity contribution in [3.63, 3.8) is 0 Å². The first-order valence-corrected chi connectivity index (χ1v) is 9.85. The largest absolute Gasteiger partial charge is 0.459 e. The number of ether oxygens (including phenoxy) is 2. The van der Waals surface area contributed by atoms with Crippen molar-refractivity contribution < 1.29 is 24.2 Å². The molecule has 27 heavy (non-hydrogen) atoms. The lowest BCUT2D eigenvalue weighted by Crippen LogP contribution is -2.60. The van der Waals surface area contributed by atoms with E-state index in [-0.39, 0.29) is 23.0 Å². The molecule has 3 rings (SSSR count). The van der Waals surface area contributed by atoms with Crippen molar-refractivity contribution >= 4 is 11.8 Å². The van der Waals surface area contributed by atoms with Gasteiger partial charge in [0.25, 0.3) is 0 Å². The molecule has 1 spiro atoms. The van der Waals surface area contributed by atoms with Gasteiger partial charge in [-0.15, -0.1) is 6.58 Å². The average molecular weight is 376 g/mol. The maximum absolute atomic E-state index is 12.5. The molecule has 5 heteroatoms. The summed E-state index contributed by atoms with van der Waals surface area (Å²) in [7, 11) is 0. The number of carbonyl (C=O) groups excluding carboxylic acids is 2. The van der Waals surface area contributed by atoms with Gasteiger partial charge in [0.05, 0.1) is 6.61 Å². The van der Waals surface area contributed by atoms with E-state index >= 15 is 0 Å². The lowest BCUT2D eigenvalue weighted by molar-refractivity contribution is -0.175. The van der Waals surface area contributed by atoms with Crippen LogP contribution in [0, 0.1) is 22.7 Å². The van der Waals surface area contributed by atoms with Crippen LogP contribution < -0.4 is 0 Å². The van der Waals surface area contributed by atoms with Crippen molar-refractivity contribution in [1.29, 1.82) is 0 Å². The third-order valence-electron chi connectivity index (χ3n) is 7.72. The zero-order valence-electron chi connectivity index (χ0n) is 17.1. The lowest BCUT2D eigenvalue weighted by atomic mass is 9.46. The highest BCUT2D eigenvalue weighted by Crippen LogP contribution is 2.64. The number of ketones is 1. The van der Waals surface area contributed by atoms with Crippen molar-refractivity contribution in [2.75, 3.05) is 6.61 Å². The van der Waals surface area contributed by atoms with Crippen LogP contribution in [0.2, 0.25) is 0 Å². The summed E-state index contributed by atoms with van der Waals surface area (Å²) in [6, 6.07) is 0. The van der Waals surface area contributed by atoms with Crippen LogP contribution in [-0.2, 0) is 19.1 Å². The third kappa shape index (κ3) is 2.90. The first-order chi connectivity index (χ1) is 12.5. The monoisotopic (exact) mass is 376 g/mol. The molecule has 1 aliphatic heterocycles. The van der Waals surface area contributed by atoms with Gasteiger partial charge < -0.3 is 14.6 Å². The molecule has 1 N–H and O–H groups in total. The minimum atomic E-state index is -1.33. The molecule has 0 radical (unpaired) electrons. The molecule has 2 fully saturated rings. The molecule has 0 bridgehead atoms. The van der Waals surface area contributed by atoms with Crippen LogP contribution in [0.3, 0.4) is 0 Å². The van der Waals surface area contributed by atoms with E-state index in [1.165, 1.54) is 13.0 Å². The number of hydrogen-bond donors (Lipinski definition) is 1. The van der Waals surface area contributed by atoms with Crippen molar-refractivity contribution in [3.8, 4) is 0 Å². The van der Waals surface area contributed by atoms with Crippen LogP contribution in [0.15, 0.2) is 24.3 Å². The van der Waals surface area contributed by atoms with Crippen molar-refractivity contribution in [3.05, 3.63) is 24.3 Å². The summed E-state index contributed by atoms with van der Waals surface area (Å²) in [6.45, 7) is 13.5. The lowest BCUT2D eigenvalue weighted by Gasteiger charge is -2.58. The minimum absolute atomic E-state index is 0.00113. The topological polar surface area (TPSA) is 72.8 Å². The van der Waals surface area contributed by atoms with Crippen molar-refractivity contribution in [2.45, 2.75) is 71.7 Å². The van der Waals surface area contributed by atoms with Crippen LogP contribution in [0.4, 0.5) is 0 Å². The summed E-state index contributed by atoms with van der Waals surface area (Å²) >= 11 is 0. The normalized spacial score (nSPS) is 43.6. The Morgan fingerprint density at radius 3 is 2.78 bits per heavy atom. The first kappa shape index (κ1) is 20.3. The van der Waals surface area contributed by atoms with Gasteiger partial charge in [0, 0.05) is 18.8 Å². The van der Waals surface area contributed by atoms with Gasteiger partial charge in [-0.3, -0.25) is 9.59 Å². The van der Waals surface area contributed by atoms with Crippen molar-refractivity contribution in [1.82, 2.24) is 0 Å². The van der Waals surface area contributed by atoms with Crippen LogP contribution in [0.1, 0.15) is 53.9 Å². The van der Waals surface area contributed by atoms with E-state index in [0.29, 0.717) is 13.0 Å². The Hall–Kier alpha value is -1.46. The highest BCUT2D eigenvalue weighted by Gasteiger charge is 2.67. The molecule has 2 aliphatic carbocycles. The van der Waals surface area contributed by atoms with E-state index in [1.807, 2.05) is 6.92 Å². The van der Waals surface area contributed by atoms with E-state index in [1.54, 1.807) is 13.0 Å². The fourth-order valence-corrected chi connectivity index (χ4v) is 5.80. The van der Waals surface area contributed by atoms with E-state index in [9.17, 15) is 14.7 Å². The van der Waals surface area contributed by atoms with Gasteiger partial charge in [0.15, 0.2) is 5.78 Å². The van der Waals surface area contributed by atoms with Gasteiger partial charge >= 0.3 is 5.97 Å². The Kier molecular flexibility index (Phi) is 4.92. The van der Waals surface area contributed by atoms with Gasteiger partial charge in [-0.05, 0) is 50.0 Å². The summed E-state index contributed by atoms with van der Waals surface area (Å²) in [5.41, 5.74) is -0.894. The first-order valence-electron chi connectivity index (χ1n) is 9.85. The number of allylic oxidation sites excluding steroid dienone is 2. The molecule has 5 nitrogen and oxygen atoms in total. The molecule has 3 aliphatic rings. The Balaban J connectivity index is 2.15. The molecule has 1 saturated heterocycles. The van der Waals surface area contributed by atoms with Gasteiger partial charge in [-0.2, -0.15) is 0 Å². The van der Waals surface area contributed by atoms with E-state index in [4.69, 9.17) is 9.47 Å². The molecule has 7 unspecified atom stereocenters. The number of carbonyl (C=O) groups is 2. The van der Waals surface area contributed by atoms with Crippen LogP contribution in [-0.4, -0.2) is 41.3 Å². The zero-order chi connectivity index (χ0) is 20.2. The third-order valence-corrected chi connectivity index (χ3v) is 7.72. The number of fused-ring (bicyclic) bond motifs is 2. The van der Waals surface area contributed by atoms with E-state index in [2.05, 4.69) is 20.4 Å². The minimum Gasteiger partial charge on any atom is -0.459 e. The summed E-state index contributed by atoms with van der Waals surface area (Å²) in [4.78, 5) is 24.5. The second kappa shape index (κ2) is 6.56. The molecule has 0 aromatic carbocycles. The Bertz CT molecular complexity index is 693. The standard InChI is InChI=1S/C22H32O5/c1-7-21(6,25)18-19(27-15(4)23)22(12-26-18)13(2)8-9-20(5)14(3)10-16(24)11-17(20)22/h7,10,13,17-19,25H,1,8-9,11-12H2,2-6H3. The maximum atomic E-state index is 12.5. The number of aliphatic hydroxyl groups is 1. The summed E-state index contributed by atoms with van der Waals surface area (Å²) in [6.07, 6.45) is 4.25. The SMILES string of the molecule is C=CC(C)(O)C1OCC2(C(C)CCC3(C)C(C)=CC(=O)CC32)C1OC(C)=O. The van der Waals surface area contributed by atoms with Gasteiger partial charge in [-0.1, -0.05) is 25.5 Å². The molecule has 150 valence electrons. The summed E-state index contributed by atoms with van der Waals surface area (Å²) < 4.78 is 12.0. The van der Waals surface area contributed by atoms with Gasteiger partial charge in [0.2, 0.25) is 0 Å². The second-order valence-electron chi connectivity index (χ2n) is 9.21. The smallest absolute Gasteiger partial charge is 0.303 e. The van der Waals surface area contributed by atoms with Gasteiger partial charge in [0.1, 0.15) is 17.8 Å². The Morgan fingerprint density at radius 1 is 1.52 bits per heavy atom. The molecule has 0 aromatic rings. The van der Waals surface area contributed by atoms with E-state index in [0.717, 1.165) is 18.4 Å². The van der Waals surface area contributed by atoms with E-state index < -0.39 is 29.2 Å². The number of esters is 1. The predicted molar refractivity (Wildman–Crippen MR) is 102 cm³/mol. The molecular formula is C22H32O5. The highest BCUT2D eigenvalue weighted by atomic mass is 16.6. The zero-order valence-corrected chi connectivity index (χ0v) is 17.1. The predicted octanol–water partition coefficient (Wildman–Crippen LogP) is 3.21. The molecule has 1 heterocycles. The fourth-order valence-electron chi connectivity index (χ4n) is 5.80. The maximum Gasteiger partial charge on any atom is 0.303 e. The van der Waals surface area contributed by atoms with Gasteiger partial charge in [-0.25, -0.2) is 0 Å². The highest BCUT2D eigenvalue weighted by molar-refractivity contribution is 5.92.